The Morgan fingerprint density at radius 3 is 2.88 bits per heavy atom. The van der Waals surface area contributed by atoms with Gasteiger partial charge in [-0.1, -0.05) is 35.9 Å². The Morgan fingerprint density at radius 1 is 1.27 bits per heavy atom. The zero-order valence-corrected chi connectivity index (χ0v) is 15.4. The minimum atomic E-state index is -0.402. The third-order valence-corrected chi connectivity index (χ3v) is 5.15. The average Bonchev–Trinajstić information content (AvgIpc) is 2.98. The van der Waals surface area contributed by atoms with Gasteiger partial charge in [0.25, 0.3) is 0 Å². The quantitative estimate of drug-likeness (QED) is 0.755. The smallest absolute Gasteiger partial charge is 0.245 e. The van der Waals surface area contributed by atoms with Crippen molar-refractivity contribution in [3.05, 3.63) is 64.9 Å². The van der Waals surface area contributed by atoms with Crippen LogP contribution in [0.3, 0.4) is 0 Å². The molecule has 6 heteroatoms. The van der Waals surface area contributed by atoms with Gasteiger partial charge in [0.15, 0.2) is 0 Å². The Labute approximate surface area is 157 Å². The van der Waals surface area contributed by atoms with Crippen LogP contribution in [0.1, 0.15) is 31.0 Å². The molecule has 1 aliphatic rings. The van der Waals surface area contributed by atoms with Gasteiger partial charge in [0.2, 0.25) is 5.91 Å². The molecule has 0 bridgehead atoms. The summed E-state index contributed by atoms with van der Waals surface area (Å²) in [6.07, 6.45) is 1.48. The summed E-state index contributed by atoms with van der Waals surface area (Å²) in [7, 11) is 0. The van der Waals surface area contributed by atoms with E-state index in [-0.39, 0.29) is 11.9 Å². The molecule has 26 heavy (non-hydrogen) atoms. The highest BCUT2D eigenvalue weighted by atomic mass is 35.5. The molecule has 5 nitrogen and oxygen atoms in total. The summed E-state index contributed by atoms with van der Waals surface area (Å²) in [6.45, 7) is 4.57. The number of anilines is 1. The Morgan fingerprint density at radius 2 is 2.08 bits per heavy atom. The Hall–Kier alpha value is -2.66. The molecular formula is C20H19ClN4O. The van der Waals surface area contributed by atoms with Gasteiger partial charge in [-0.2, -0.15) is 0 Å². The lowest BCUT2D eigenvalue weighted by Crippen LogP contribution is -2.40. The van der Waals surface area contributed by atoms with Crippen LogP contribution in [0.2, 0.25) is 5.02 Å². The standard InChI is InChI=1S/C20H19ClN4O/c1-12(20(26)25-10-14-5-3-4-6-16(14)13(25)2)24-19-17-8-7-15(21)9-18(17)22-11-23-19/h3-9,11-13H,10H2,1-2H3,(H,22,23,24)/t12-,13-/m1/s1. The van der Waals surface area contributed by atoms with E-state index < -0.39 is 6.04 Å². The molecule has 2 atom stereocenters. The first-order chi connectivity index (χ1) is 12.5. The lowest BCUT2D eigenvalue weighted by Gasteiger charge is -2.26. The maximum atomic E-state index is 13.0. The van der Waals surface area contributed by atoms with Gasteiger partial charge >= 0.3 is 0 Å². The van der Waals surface area contributed by atoms with Crippen molar-refractivity contribution in [3.8, 4) is 0 Å². The lowest BCUT2D eigenvalue weighted by molar-refractivity contribution is -0.133. The number of nitrogens with one attached hydrogen (secondary N) is 1. The number of carbonyl (C=O) groups is 1. The van der Waals surface area contributed by atoms with Crippen molar-refractivity contribution in [3.63, 3.8) is 0 Å². The van der Waals surface area contributed by atoms with Gasteiger partial charge in [-0.05, 0) is 43.2 Å². The minimum absolute atomic E-state index is 0.0504. The summed E-state index contributed by atoms with van der Waals surface area (Å²) in [5.74, 6) is 0.686. The summed E-state index contributed by atoms with van der Waals surface area (Å²) in [4.78, 5) is 23.5. The second-order valence-electron chi connectivity index (χ2n) is 6.59. The number of hydrogen-bond acceptors (Lipinski definition) is 4. The zero-order chi connectivity index (χ0) is 18.3. The molecule has 0 saturated carbocycles. The molecule has 0 unspecified atom stereocenters. The summed E-state index contributed by atoms with van der Waals surface area (Å²) >= 11 is 6.03. The van der Waals surface area contributed by atoms with Crippen molar-refractivity contribution < 1.29 is 4.79 Å². The van der Waals surface area contributed by atoms with Crippen LogP contribution in [-0.4, -0.2) is 26.8 Å². The third kappa shape index (κ3) is 2.88. The number of halogens is 1. The van der Waals surface area contributed by atoms with E-state index in [1.807, 2.05) is 30.0 Å². The monoisotopic (exact) mass is 366 g/mol. The van der Waals surface area contributed by atoms with Gasteiger partial charge in [-0.25, -0.2) is 9.97 Å². The summed E-state index contributed by atoms with van der Waals surface area (Å²) in [5, 5.41) is 4.71. The normalized spacial score (nSPS) is 17.2. The Kier molecular flexibility index (Phi) is 4.24. The fourth-order valence-electron chi connectivity index (χ4n) is 3.50. The first-order valence-corrected chi connectivity index (χ1v) is 8.97. The third-order valence-electron chi connectivity index (χ3n) is 4.92. The maximum Gasteiger partial charge on any atom is 0.245 e. The average molecular weight is 367 g/mol. The fourth-order valence-corrected chi connectivity index (χ4v) is 3.67. The van der Waals surface area contributed by atoms with Crippen molar-refractivity contribution in [1.29, 1.82) is 0 Å². The fraction of sp³-hybridized carbons (Fsp3) is 0.250. The number of benzene rings is 2. The van der Waals surface area contributed by atoms with E-state index in [0.717, 1.165) is 10.9 Å². The van der Waals surface area contributed by atoms with Crippen molar-refractivity contribution in [1.82, 2.24) is 14.9 Å². The molecule has 1 aromatic heterocycles. The van der Waals surface area contributed by atoms with Crippen LogP contribution in [-0.2, 0) is 11.3 Å². The molecule has 1 aliphatic heterocycles. The zero-order valence-electron chi connectivity index (χ0n) is 14.6. The van der Waals surface area contributed by atoms with Gasteiger partial charge in [-0.15, -0.1) is 0 Å². The highest BCUT2D eigenvalue weighted by molar-refractivity contribution is 6.31. The molecule has 0 aliphatic carbocycles. The minimum Gasteiger partial charge on any atom is -0.358 e. The van der Waals surface area contributed by atoms with Gasteiger partial charge in [0.1, 0.15) is 18.2 Å². The highest BCUT2D eigenvalue weighted by Crippen LogP contribution is 2.33. The summed E-state index contributed by atoms with van der Waals surface area (Å²) < 4.78 is 0. The Balaban J connectivity index is 1.56. The van der Waals surface area contributed by atoms with Crippen molar-refractivity contribution in [2.75, 3.05) is 5.32 Å². The first kappa shape index (κ1) is 16.8. The summed E-state index contributed by atoms with van der Waals surface area (Å²) in [5.41, 5.74) is 3.18. The number of amides is 1. The SMILES string of the molecule is C[C@@H]1c2ccccc2CN1C(=O)[C@@H](C)Nc1ncnc2cc(Cl)ccc12. The van der Waals surface area contributed by atoms with Crippen molar-refractivity contribution in [2.24, 2.45) is 0 Å². The number of rotatable bonds is 3. The second kappa shape index (κ2) is 6.57. The highest BCUT2D eigenvalue weighted by Gasteiger charge is 2.32. The van der Waals surface area contributed by atoms with E-state index in [0.29, 0.717) is 17.4 Å². The predicted molar refractivity (Wildman–Crippen MR) is 103 cm³/mol. The number of fused-ring (bicyclic) bond motifs is 2. The van der Waals surface area contributed by atoms with Crippen molar-refractivity contribution >= 4 is 34.2 Å². The topological polar surface area (TPSA) is 58.1 Å². The van der Waals surface area contributed by atoms with Gasteiger partial charge in [0.05, 0.1) is 11.6 Å². The number of carbonyl (C=O) groups excluding carboxylic acids is 1. The number of aromatic nitrogens is 2. The largest absolute Gasteiger partial charge is 0.358 e. The van der Waals surface area contributed by atoms with E-state index in [4.69, 9.17) is 11.6 Å². The van der Waals surface area contributed by atoms with E-state index >= 15 is 0 Å². The van der Waals surface area contributed by atoms with Crippen LogP contribution in [0, 0.1) is 0 Å². The molecule has 0 radical (unpaired) electrons. The first-order valence-electron chi connectivity index (χ1n) is 8.59. The van der Waals surface area contributed by atoms with Crippen LogP contribution < -0.4 is 5.32 Å². The molecule has 3 aromatic rings. The van der Waals surface area contributed by atoms with Crippen LogP contribution in [0.15, 0.2) is 48.8 Å². The molecule has 2 aromatic carbocycles. The summed E-state index contributed by atoms with van der Waals surface area (Å²) in [6, 6.07) is 13.3. The molecule has 0 fully saturated rings. The van der Waals surface area contributed by atoms with E-state index in [1.54, 1.807) is 12.1 Å². The van der Waals surface area contributed by atoms with E-state index in [2.05, 4.69) is 34.3 Å². The predicted octanol–water partition coefficient (Wildman–Crippen LogP) is 4.19. The van der Waals surface area contributed by atoms with Crippen molar-refractivity contribution in [2.45, 2.75) is 32.5 Å². The molecule has 1 amide bonds. The van der Waals surface area contributed by atoms with E-state index in [1.165, 1.54) is 17.5 Å². The maximum absolute atomic E-state index is 13.0. The van der Waals surface area contributed by atoms with E-state index in [9.17, 15) is 4.79 Å². The second-order valence-corrected chi connectivity index (χ2v) is 7.03. The lowest BCUT2D eigenvalue weighted by atomic mass is 10.1. The van der Waals surface area contributed by atoms with Crippen LogP contribution in [0.4, 0.5) is 5.82 Å². The molecule has 0 spiro atoms. The number of hydrogen-bond donors (Lipinski definition) is 1. The van der Waals surface area contributed by atoms with Gasteiger partial charge in [-0.3, -0.25) is 4.79 Å². The van der Waals surface area contributed by atoms with Crippen LogP contribution >= 0.6 is 11.6 Å². The van der Waals surface area contributed by atoms with Crippen LogP contribution in [0.5, 0.6) is 0 Å². The Bertz CT molecular complexity index is 990. The molecule has 2 heterocycles. The molecule has 0 saturated heterocycles. The van der Waals surface area contributed by atoms with Crippen LogP contribution in [0.25, 0.3) is 10.9 Å². The van der Waals surface area contributed by atoms with Gasteiger partial charge < -0.3 is 10.2 Å². The molecule has 4 rings (SSSR count). The molecule has 1 N–H and O–H groups in total. The molecular weight excluding hydrogens is 348 g/mol. The molecule has 132 valence electrons. The van der Waals surface area contributed by atoms with Gasteiger partial charge in [0, 0.05) is 17.0 Å². The number of nitrogens with zero attached hydrogens (tertiary/aromatic N) is 3.